The number of hydrogen-bond donors (Lipinski definition) is 1. The minimum atomic E-state index is -0.0359. The van der Waals surface area contributed by atoms with E-state index in [-0.39, 0.29) is 13.4 Å². The zero-order chi connectivity index (χ0) is 14.6. The van der Waals surface area contributed by atoms with Crippen molar-refractivity contribution in [3.8, 4) is 11.5 Å². The van der Waals surface area contributed by atoms with E-state index in [1.54, 1.807) is 6.07 Å². The fourth-order valence-electron chi connectivity index (χ4n) is 1.65. The molecule has 0 unspecified atom stereocenters. The molecule has 0 spiro atoms. The molecule has 4 nitrogen and oxygen atoms in total. The molecule has 0 fully saturated rings. The molecule has 20 heavy (non-hydrogen) atoms. The molecule has 1 aromatic rings. The van der Waals surface area contributed by atoms with Crippen LogP contribution in [0.5, 0.6) is 11.5 Å². The van der Waals surface area contributed by atoms with Gasteiger partial charge < -0.3 is 19.3 Å². The van der Waals surface area contributed by atoms with Crippen molar-refractivity contribution < 1.29 is 19.3 Å². The molecule has 0 amide bonds. The summed E-state index contributed by atoms with van der Waals surface area (Å²) in [7, 11) is 0. The Labute approximate surface area is 129 Å². The van der Waals surface area contributed by atoms with E-state index in [4.69, 9.17) is 14.2 Å². The van der Waals surface area contributed by atoms with Gasteiger partial charge in [0, 0.05) is 18.0 Å². The summed E-state index contributed by atoms with van der Waals surface area (Å²) in [6, 6.07) is 5.44. The average Bonchev–Trinajstić information content (AvgIpc) is 2.47. The number of aliphatic hydroxyl groups excluding tert-OH is 1. The standard InChI is InChI=1S/C15H23BrO4/c1-2-18-12-20-15-9-13(11-17)8-14(10-15)19-7-5-3-4-6-16/h8-10,17H,2-7,11-12H2,1H3. The van der Waals surface area contributed by atoms with Crippen molar-refractivity contribution in [2.75, 3.05) is 25.3 Å². The maximum Gasteiger partial charge on any atom is 0.189 e. The van der Waals surface area contributed by atoms with Gasteiger partial charge in [0.25, 0.3) is 0 Å². The van der Waals surface area contributed by atoms with Crippen LogP contribution in [-0.4, -0.2) is 30.4 Å². The number of unbranched alkanes of at least 4 members (excludes halogenated alkanes) is 2. The Hall–Kier alpha value is -0.780. The molecule has 1 aromatic carbocycles. The maximum atomic E-state index is 9.25. The van der Waals surface area contributed by atoms with Gasteiger partial charge in [0.05, 0.1) is 13.2 Å². The van der Waals surface area contributed by atoms with Gasteiger partial charge in [-0.25, -0.2) is 0 Å². The smallest absolute Gasteiger partial charge is 0.189 e. The molecule has 0 saturated carbocycles. The molecule has 0 aliphatic heterocycles. The third kappa shape index (κ3) is 7.12. The highest BCUT2D eigenvalue weighted by molar-refractivity contribution is 9.09. The van der Waals surface area contributed by atoms with Gasteiger partial charge >= 0.3 is 0 Å². The van der Waals surface area contributed by atoms with Crippen molar-refractivity contribution >= 4 is 15.9 Å². The first kappa shape index (κ1) is 17.3. The topological polar surface area (TPSA) is 47.9 Å². The van der Waals surface area contributed by atoms with E-state index < -0.39 is 0 Å². The van der Waals surface area contributed by atoms with E-state index in [0.29, 0.717) is 19.0 Å². The van der Waals surface area contributed by atoms with Gasteiger partial charge in [0.15, 0.2) is 6.79 Å². The van der Waals surface area contributed by atoms with Crippen LogP contribution < -0.4 is 9.47 Å². The summed E-state index contributed by atoms with van der Waals surface area (Å²) in [5.41, 5.74) is 0.773. The molecule has 0 radical (unpaired) electrons. The summed E-state index contributed by atoms with van der Waals surface area (Å²) in [5.74, 6) is 1.38. The van der Waals surface area contributed by atoms with Gasteiger partial charge in [0.2, 0.25) is 0 Å². The van der Waals surface area contributed by atoms with Crippen molar-refractivity contribution in [1.29, 1.82) is 0 Å². The largest absolute Gasteiger partial charge is 0.493 e. The molecular weight excluding hydrogens is 324 g/mol. The minimum Gasteiger partial charge on any atom is -0.493 e. The van der Waals surface area contributed by atoms with Crippen molar-refractivity contribution in [2.24, 2.45) is 0 Å². The fourth-order valence-corrected chi connectivity index (χ4v) is 2.04. The number of rotatable bonds is 11. The van der Waals surface area contributed by atoms with E-state index >= 15 is 0 Å². The van der Waals surface area contributed by atoms with Crippen LogP contribution in [0.25, 0.3) is 0 Å². The second-order valence-corrected chi connectivity index (χ2v) is 5.12. The second-order valence-electron chi connectivity index (χ2n) is 4.32. The maximum absolute atomic E-state index is 9.25. The Morgan fingerprint density at radius 1 is 1.05 bits per heavy atom. The van der Waals surface area contributed by atoms with Crippen LogP contribution in [0.15, 0.2) is 18.2 Å². The zero-order valence-corrected chi connectivity index (χ0v) is 13.5. The Balaban J connectivity index is 2.49. The number of benzene rings is 1. The Kier molecular flexibility index (Phi) is 9.45. The first-order valence-corrected chi connectivity index (χ1v) is 8.06. The van der Waals surface area contributed by atoms with Crippen molar-refractivity contribution in [3.63, 3.8) is 0 Å². The number of halogens is 1. The summed E-state index contributed by atoms with van der Waals surface area (Å²) >= 11 is 3.41. The number of alkyl halides is 1. The predicted octanol–water partition coefficient (Wildman–Crippen LogP) is 3.50. The average molecular weight is 347 g/mol. The van der Waals surface area contributed by atoms with Gasteiger partial charge in [-0.1, -0.05) is 15.9 Å². The van der Waals surface area contributed by atoms with Crippen LogP contribution in [0.1, 0.15) is 31.7 Å². The van der Waals surface area contributed by atoms with E-state index in [1.165, 1.54) is 0 Å². The minimum absolute atomic E-state index is 0.0359. The molecule has 5 heteroatoms. The number of aliphatic hydroxyl groups is 1. The molecule has 0 atom stereocenters. The predicted molar refractivity (Wildman–Crippen MR) is 82.6 cm³/mol. The normalized spacial score (nSPS) is 10.6. The van der Waals surface area contributed by atoms with Crippen LogP contribution >= 0.6 is 15.9 Å². The summed E-state index contributed by atoms with van der Waals surface area (Å²) in [6.07, 6.45) is 3.31. The molecule has 0 aliphatic carbocycles. The van der Waals surface area contributed by atoms with E-state index in [2.05, 4.69) is 15.9 Å². The summed E-state index contributed by atoms with van der Waals surface area (Å²) in [5, 5.41) is 10.3. The molecule has 0 heterocycles. The van der Waals surface area contributed by atoms with Gasteiger partial charge in [0.1, 0.15) is 11.5 Å². The second kappa shape index (κ2) is 10.9. The van der Waals surface area contributed by atoms with Crippen LogP contribution in [0.3, 0.4) is 0 Å². The summed E-state index contributed by atoms with van der Waals surface area (Å²) < 4.78 is 16.3. The van der Waals surface area contributed by atoms with Crippen LogP contribution in [-0.2, 0) is 11.3 Å². The number of ether oxygens (including phenoxy) is 3. The van der Waals surface area contributed by atoms with Crippen LogP contribution in [0.2, 0.25) is 0 Å². The van der Waals surface area contributed by atoms with Crippen molar-refractivity contribution in [2.45, 2.75) is 32.8 Å². The highest BCUT2D eigenvalue weighted by Gasteiger charge is 2.03. The Morgan fingerprint density at radius 3 is 2.45 bits per heavy atom. The zero-order valence-electron chi connectivity index (χ0n) is 11.9. The first-order valence-electron chi connectivity index (χ1n) is 6.94. The van der Waals surface area contributed by atoms with Gasteiger partial charge in [-0.3, -0.25) is 0 Å². The highest BCUT2D eigenvalue weighted by Crippen LogP contribution is 2.23. The highest BCUT2D eigenvalue weighted by atomic mass is 79.9. The third-order valence-electron chi connectivity index (χ3n) is 2.68. The monoisotopic (exact) mass is 346 g/mol. The lowest BCUT2D eigenvalue weighted by molar-refractivity contribution is 0.0222. The molecule has 114 valence electrons. The van der Waals surface area contributed by atoms with E-state index in [1.807, 2.05) is 19.1 Å². The Morgan fingerprint density at radius 2 is 1.80 bits per heavy atom. The SMILES string of the molecule is CCOCOc1cc(CO)cc(OCCCCCBr)c1. The molecule has 1 N–H and O–H groups in total. The summed E-state index contributed by atoms with van der Waals surface area (Å²) in [4.78, 5) is 0. The molecular formula is C15H23BrO4. The third-order valence-corrected chi connectivity index (χ3v) is 3.24. The van der Waals surface area contributed by atoms with Gasteiger partial charge in [-0.2, -0.15) is 0 Å². The summed E-state index contributed by atoms with van der Waals surface area (Å²) in [6.45, 7) is 3.36. The molecule has 0 saturated heterocycles. The molecule has 0 aliphatic rings. The lowest BCUT2D eigenvalue weighted by Crippen LogP contribution is -2.03. The van der Waals surface area contributed by atoms with Gasteiger partial charge in [-0.15, -0.1) is 0 Å². The molecule has 1 rings (SSSR count). The van der Waals surface area contributed by atoms with Crippen LogP contribution in [0.4, 0.5) is 0 Å². The van der Waals surface area contributed by atoms with E-state index in [9.17, 15) is 5.11 Å². The van der Waals surface area contributed by atoms with Crippen LogP contribution in [0, 0.1) is 0 Å². The first-order chi connectivity index (χ1) is 9.80. The Bertz CT molecular complexity index is 371. The lowest BCUT2D eigenvalue weighted by Gasteiger charge is -2.11. The fraction of sp³-hybridized carbons (Fsp3) is 0.600. The van der Waals surface area contributed by atoms with Crippen molar-refractivity contribution in [1.82, 2.24) is 0 Å². The lowest BCUT2D eigenvalue weighted by atomic mass is 10.2. The number of hydrogen-bond acceptors (Lipinski definition) is 4. The van der Waals surface area contributed by atoms with Crippen molar-refractivity contribution in [3.05, 3.63) is 23.8 Å². The molecule has 0 aromatic heterocycles. The van der Waals surface area contributed by atoms with Gasteiger partial charge in [-0.05, 0) is 43.9 Å². The quantitative estimate of drug-likeness (QED) is 0.378. The van der Waals surface area contributed by atoms with E-state index in [0.717, 1.165) is 35.9 Å². The molecule has 0 bridgehead atoms.